The van der Waals surface area contributed by atoms with Crippen molar-refractivity contribution in [2.24, 2.45) is 5.92 Å². The first-order chi connectivity index (χ1) is 11.8. The molecule has 0 amide bonds. The van der Waals surface area contributed by atoms with Crippen molar-refractivity contribution in [1.82, 2.24) is 0 Å². The van der Waals surface area contributed by atoms with Crippen molar-refractivity contribution in [3.63, 3.8) is 0 Å². The maximum absolute atomic E-state index is 13.0. The first-order valence-electron chi connectivity index (χ1n) is 8.15. The molecule has 3 aromatic rings. The predicted molar refractivity (Wildman–Crippen MR) is 97.6 cm³/mol. The van der Waals surface area contributed by atoms with Crippen molar-refractivity contribution in [1.29, 1.82) is 0 Å². The topological polar surface area (TPSA) is 17.1 Å². The van der Waals surface area contributed by atoms with Gasteiger partial charge in [-0.25, -0.2) is 0 Å². The van der Waals surface area contributed by atoms with Crippen LogP contribution in [0.3, 0.4) is 0 Å². The molecule has 24 heavy (non-hydrogen) atoms. The first kappa shape index (κ1) is 15.2. The molecule has 1 aliphatic carbocycles. The SMILES string of the molecule is O=C(c1ccccc1)[C@@H]1[C@@H](c2ccccc2)[C@H]1c1ccc(Cl)cc1. The molecule has 0 spiro atoms. The molecule has 1 nitrogen and oxygen atoms in total. The fourth-order valence-electron chi connectivity index (χ4n) is 3.62. The van der Waals surface area contributed by atoms with Gasteiger partial charge in [-0.2, -0.15) is 0 Å². The number of halogens is 1. The van der Waals surface area contributed by atoms with E-state index < -0.39 is 0 Å². The van der Waals surface area contributed by atoms with Crippen molar-refractivity contribution >= 4 is 17.4 Å². The number of Topliss-reactive ketones (excluding diaryl/α,β-unsaturated/α-hetero) is 1. The lowest BCUT2D eigenvalue weighted by atomic mass is 10.0. The Kier molecular flexibility index (Phi) is 3.95. The zero-order valence-electron chi connectivity index (χ0n) is 13.1. The first-order valence-corrected chi connectivity index (χ1v) is 8.53. The van der Waals surface area contributed by atoms with E-state index in [2.05, 4.69) is 12.1 Å². The molecule has 4 rings (SSSR count). The molecule has 1 aliphatic rings. The largest absolute Gasteiger partial charge is 0.294 e. The number of ketones is 1. The van der Waals surface area contributed by atoms with Crippen molar-refractivity contribution in [2.45, 2.75) is 11.8 Å². The van der Waals surface area contributed by atoms with Crippen LogP contribution in [0, 0.1) is 5.92 Å². The van der Waals surface area contributed by atoms with Crippen LogP contribution in [0.4, 0.5) is 0 Å². The Morgan fingerprint density at radius 1 is 0.667 bits per heavy atom. The van der Waals surface area contributed by atoms with Gasteiger partial charge in [0.25, 0.3) is 0 Å². The maximum atomic E-state index is 13.0. The lowest BCUT2D eigenvalue weighted by molar-refractivity contribution is 0.0963. The van der Waals surface area contributed by atoms with Crippen LogP contribution in [-0.4, -0.2) is 5.78 Å². The molecule has 0 bridgehead atoms. The van der Waals surface area contributed by atoms with Crippen LogP contribution in [-0.2, 0) is 0 Å². The summed E-state index contributed by atoms with van der Waals surface area (Å²) >= 11 is 6.02. The van der Waals surface area contributed by atoms with Crippen LogP contribution in [0.15, 0.2) is 84.9 Å². The Morgan fingerprint density at radius 3 is 1.75 bits per heavy atom. The van der Waals surface area contributed by atoms with E-state index in [1.165, 1.54) is 11.1 Å². The van der Waals surface area contributed by atoms with Crippen LogP contribution in [0.2, 0.25) is 5.02 Å². The standard InChI is InChI=1S/C22H17ClO/c23-18-13-11-16(12-14-18)20-19(15-7-3-1-4-8-15)21(20)22(24)17-9-5-2-6-10-17/h1-14,19-21H/t19-,20+,21+/m0/s1. The van der Waals surface area contributed by atoms with Crippen LogP contribution in [0.1, 0.15) is 33.3 Å². The number of hydrogen-bond donors (Lipinski definition) is 0. The molecule has 3 atom stereocenters. The molecule has 0 unspecified atom stereocenters. The van der Waals surface area contributed by atoms with Gasteiger partial charge in [0, 0.05) is 28.3 Å². The second kappa shape index (κ2) is 6.26. The van der Waals surface area contributed by atoms with Crippen LogP contribution in [0.25, 0.3) is 0 Å². The van der Waals surface area contributed by atoms with Gasteiger partial charge in [0.1, 0.15) is 0 Å². The lowest BCUT2D eigenvalue weighted by Gasteiger charge is -2.01. The average molecular weight is 333 g/mol. The second-order valence-corrected chi connectivity index (χ2v) is 6.71. The zero-order valence-corrected chi connectivity index (χ0v) is 13.9. The molecule has 3 aromatic carbocycles. The van der Waals surface area contributed by atoms with E-state index in [1.807, 2.05) is 72.8 Å². The summed E-state index contributed by atoms with van der Waals surface area (Å²) in [6, 6.07) is 27.8. The fraction of sp³-hybridized carbons (Fsp3) is 0.136. The molecular weight excluding hydrogens is 316 g/mol. The minimum Gasteiger partial charge on any atom is -0.294 e. The average Bonchev–Trinajstić information content (AvgIpc) is 3.39. The van der Waals surface area contributed by atoms with E-state index in [-0.39, 0.29) is 23.5 Å². The molecule has 0 aliphatic heterocycles. The highest BCUT2D eigenvalue weighted by molar-refractivity contribution is 6.30. The number of carbonyl (C=O) groups is 1. The Bertz CT molecular complexity index is 840. The van der Waals surface area contributed by atoms with Gasteiger partial charge in [0.05, 0.1) is 0 Å². The minimum absolute atomic E-state index is 0.00373. The highest BCUT2D eigenvalue weighted by Gasteiger charge is 2.55. The lowest BCUT2D eigenvalue weighted by Crippen LogP contribution is -2.03. The summed E-state index contributed by atoms with van der Waals surface area (Å²) in [7, 11) is 0. The van der Waals surface area contributed by atoms with Crippen molar-refractivity contribution in [2.75, 3.05) is 0 Å². The number of rotatable bonds is 4. The third-order valence-electron chi connectivity index (χ3n) is 4.82. The summed E-state index contributed by atoms with van der Waals surface area (Å²) in [4.78, 5) is 13.0. The maximum Gasteiger partial charge on any atom is 0.167 e. The van der Waals surface area contributed by atoms with Gasteiger partial charge in [-0.3, -0.25) is 4.79 Å². The molecule has 0 radical (unpaired) electrons. The summed E-state index contributed by atoms with van der Waals surface area (Å²) < 4.78 is 0. The third kappa shape index (κ3) is 2.76. The molecule has 0 aromatic heterocycles. The smallest absolute Gasteiger partial charge is 0.167 e. The number of benzene rings is 3. The van der Waals surface area contributed by atoms with Gasteiger partial charge in [0.15, 0.2) is 5.78 Å². The second-order valence-electron chi connectivity index (χ2n) is 6.27. The minimum atomic E-state index is -0.00373. The summed E-state index contributed by atoms with van der Waals surface area (Å²) in [6.07, 6.45) is 0. The molecule has 118 valence electrons. The molecule has 1 fully saturated rings. The van der Waals surface area contributed by atoms with E-state index in [9.17, 15) is 4.79 Å². The van der Waals surface area contributed by atoms with E-state index in [0.29, 0.717) is 0 Å². The van der Waals surface area contributed by atoms with Crippen molar-refractivity contribution in [3.05, 3.63) is 107 Å². The highest BCUT2D eigenvalue weighted by atomic mass is 35.5. The highest BCUT2D eigenvalue weighted by Crippen LogP contribution is 2.61. The zero-order chi connectivity index (χ0) is 16.5. The molecule has 0 saturated heterocycles. The van der Waals surface area contributed by atoms with Gasteiger partial charge in [-0.1, -0.05) is 84.4 Å². The normalized spacial score (nSPS) is 22.1. The van der Waals surface area contributed by atoms with E-state index in [1.54, 1.807) is 0 Å². The van der Waals surface area contributed by atoms with E-state index >= 15 is 0 Å². The number of hydrogen-bond acceptors (Lipinski definition) is 1. The third-order valence-corrected chi connectivity index (χ3v) is 5.07. The summed E-state index contributed by atoms with van der Waals surface area (Å²) in [5.41, 5.74) is 3.20. The van der Waals surface area contributed by atoms with E-state index in [0.717, 1.165) is 10.6 Å². The number of carbonyl (C=O) groups excluding carboxylic acids is 1. The summed E-state index contributed by atoms with van der Waals surface area (Å²) in [6.45, 7) is 0. The summed E-state index contributed by atoms with van der Waals surface area (Å²) in [5, 5.41) is 0.724. The molecule has 0 heterocycles. The Labute approximate surface area is 146 Å². The van der Waals surface area contributed by atoms with Gasteiger partial charge in [-0.15, -0.1) is 0 Å². The van der Waals surface area contributed by atoms with Crippen molar-refractivity contribution < 1.29 is 4.79 Å². The van der Waals surface area contributed by atoms with Crippen LogP contribution >= 0.6 is 11.6 Å². The quantitative estimate of drug-likeness (QED) is 0.558. The van der Waals surface area contributed by atoms with Crippen LogP contribution < -0.4 is 0 Å². The summed E-state index contributed by atoms with van der Waals surface area (Å²) in [5.74, 6) is 0.679. The monoisotopic (exact) mass is 332 g/mol. The van der Waals surface area contributed by atoms with Crippen LogP contribution in [0.5, 0.6) is 0 Å². The Morgan fingerprint density at radius 2 is 1.17 bits per heavy atom. The molecular formula is C22H17ClO. The molecule has 0 N–H and O–H groups in total. The van der Waals surface area contributed by atoms with E-state index in [4.69, 9.17) is 11.6 Å². The van der Waals surface area contributed by atoms with Gasteiger partial charge >= 0.3 is 0 Å². The Hall–Kier alpha value is -2.38. The molecule has 2 heteroatoms. The van der Waals surface area contributed by atoms with Crippen molar-refractivity contribution in [3.8, 4) is 0 Å². The van der Waals surface area contributed by atoms with Gasteiger partial charge in [-0.05, 0) is 23.3 Å². The Balaban J connectivity index is 1.70. The molecule has 1 saturated carbocycles. The van der Waals surface area contributed by atoms with Gasteiger partial charge in [0.2, 0.25) is 0 Å². The predicted octanol–water partition coefficient (Wildman–Crippen LogP) is 5.72. The van der Waals surface area contributed by atoms with Gasteiger partial charge < -0.3 is 0 Å². The fourth-order valence-corrected chi connectivity index (χ4v) is 3.75.